The Hall–Kier alpha value is -4.16. The molecule has 0 aliphatic heterocycles. The second kappa shape index (κ2) is 12.1. The zero-order chi connectivity index (χ0) is 29.8. The molecule has 0 atom stereocenters. The van der Waals surface area contributed by atoms with Crippen molar-refractivity contribution in [2.45, 2.75) is 38.0 Å². The Labute approximate surface area is 230 Å². The molecule has 0 spiro atoms. The molecule has 4 rings (SSSR count). The van der Waals surface area contributed by atoms with Crippen LogP contribution < -0.4 is 10.6 Å². The third kappa shape index (κ3) is 7.14. The van der Waals surface area contributed by atoms with Gasteiger partial charge in [-0.1, -0.05) is 36.4 Å². The predicted octanol–water partition coefficient (Wildman–Crippen LogP) is 5.45. The molecule has 0 radical (unpaired) electrons. The van der Waals surface area contributed by atoms with E-state index in [0.717, 1.165) is 23.0 Å². The lowest BCUT2D eigenvalue weighted by Gasteiger charge is -2.27. The molecule has 13 heteroatoms. The van der Waals surface area contributed by atoms with Gasteiger partial charge < -0.3 is 10.6 Å². The first-order valence-corrected chi connectivity index (χ1v) is 12.8. The molecule has 2 aromatic carbocycles. The van der Waals surface area contributed by atoms with E-state index >= 15 is 0 Å². The minimum absolute atomic E-state index is 0.0590. The topological polar surface area (TPSA) is 93.1 Å². The number of hydrogen-bond acceptors (Lipinski definition) is 4. The molecule has 3 aromatic rings. The van der Waals surface area contributed by atoms with Gasteiger partial charge in [-0.05, 0) is 43.9 Å². The van der Waals surface area contributed by atoms with Crippen LogP contribution in [0.1, 0.15) is 57.7 Å². The number of carbonyl (C=O) groups is 3. The summed E-state index contributed by atoms with van der Waals surface area (Å²) < 4.78 is 81.3. The molecular weight excluding hydrogens is 554 g/mol. The van der Waals surface area contributed by atoms with Gasteiger partial charge in [-0.25, -0.2) is 4.68 Å². The average Bonchev–Trinajstić information content (AvgIpc) is 3.42. The third-order valence-corrected chi connectivity index (χ3v) is 6.92. The van der Waals surface area contributed by atoms with Gasteiger partial charge in [0.05, 0.1) is 16.8 Å². The number of para-hydroxylation sites is 1. The van der Waals surface area contributed by atoms with E-state index in [1.54, 1.807) is 18.2 Å². The van der Waals surface area contributed by atoms with Crippen molar-refractivity contribution in [1.29, 1.82) is 0 Å². The van der Waals surface area contributed by atoms with Gasteiger partial charge in [0.2, 0.25) is 5.91 Å². The van der Waals surface area contributed by atoms with Crippen LogP contribution >= 0.6 is 0 Å². The number of ketones is 1. The van der Waals surface area contributed by atoms with E-state index in [0.29, 0.717) is 5.69 Å². The lowest BCUT2D eigenvalue weighted by molar-refractivity contribution is -0.141. The van der Waals surface area contributed by atoms with Crippen molar-refractivity contribution in [2.75, 3.05) is 13.1 Å². The fourth-order valence-corrected chi connectivity index (χ4v) is 4.85. The summed E-state index contributed by atoms with van der Waals surface area (Å²) in [6.45, 7) is -0.211. The minimum Gasteiger partial charge on any atom is -0.354 e. The number of Topliss-reactive ketones (excluding diaryl/α,β-unsaturated/α-hetero) is 1. The van der Waals surface area contributed by atoms with Crippen LogP contribution in [0, 0.1) is 11.8 Å². The van der Waals surface area contributed by atoms with Crippen LogP contribution in [0.25, 0.3) is 5.69 Å². The lowest BCUT2D eigenvalue weighted by Crippen LogP contribution is -2.39. The van der Waals surface area contributed by atoms with Gasteiger partial charge in [-0.3, -0.25) is 14.4 Å². The summed E-state index contributed by atoms with van der Waals surface area (Å²) in [5.41, 5.74) is -3.03. The first-order valence-electron chi connectivity index (χ1n) is 12.8. The van der Waals surface area contributed by atoms with E-state index in [4.69, 9.17) is 0 Å². The van der Waals surface area contributed by atoms with Crippen LogP contribution in [0.4, 0.5) is 26.3 Å². The van der Waals surface area contributed by atoms with E-state index in [-0.39, 0.29) is 50.2 Å². The largest absolute Gasteiger partial charge is 0.435 e. The maximum Gasteiger partial charge on any atom is 0.435 e. The SMILES string of the molecule is O=C(NCCNC(=O)C1CCC(C(=O)c2ccccc2C(F)(F)F)CC1)c1cn(-c2ccccc2)nc1C(F)(F)F. The summed E-state index contributed by atoms with van der Waals surface area (Å²) in [5.74, 6) is -3.09. The van der Waals surface area contributed by atoms with Crippen LogP contribution in [0.2, 0.25) is 0 Å². The fourth-order valence-electron chi connectivity index (χ4n) is 4.85. The Kier molecular flexibility index (Phi) is 8.83. The smallest absolute Gasteiger partial charge is 0.354 e. The number of amides is 2. The number of rotatable bonds is 8. The van der Waals surface area contributed by atoms with Crippen molar-refractivity contribution in [3.05, 3.63) is 83.2 Å². The molecule has 7 nitrogen and oxygen atoms in total. The van der Waals surface area contributed by atoms with Crippen molar-refractivity contribution in [1.82, 2.24) is 20.4 Å². The highest BCUT2D eigenvalue weighted by molar-refractivity contribution is 5.99. The van der Waals surface area contributed by atoms with E-state index in [2.05, 4.69) is 15.7 Å². The number of nitrogens with one attached hydrogen (secondary N) is 2. The summed E-state index contributed by atoms with van der Waals surface area (Å²) in [4.78, 5) is 37.9. The first-order chi connectivity index (χ1) is 19.4. The highest BCUT2D eigenvalue weighted by atomic mass is 19.4. The van der Waals surface area contributed by atoms with Crippen LogP contribution in [0.5, 0.6) is 0 Å². The Morgan fingerprint density at radius 3 is 1.98 bits per heavy atom. The maximum atomic E-state index is 13.5. The third-order valence-electron chi connectivity index (χ3n) is 6.92. The van der Waals surface area contributed by atoms with Crippen molar-refractivity contribution < 1.29 is 40.7 Å². The fraction of sp³-hybridized carbons (Fsp3) is 0.357. The number of nitrogens with zero attached hydrogens (tertiary/aromatic N) is 2. The molecule has 1 heterocycles. The monoisotopic (exact) mass is 580 g/mol. The van der Waals surface area contributed by atoms with Gasteiger partial charge in [0, 0.05) is 36.7 Å². The predicted molar refractivity (Wildman–Crippen MR) is 135 cm³/mol. The molecule has 2 amide bonds. The van der Waals surface area contributed by atoms with Gasteiger partial charge in [0.1, 0.15) is 0 Å². The van der Waals surface area contributed by atoms with Gasteiger partial charge in [-0.15, -0.1) is 0 Å². The number of hydrogen-bond donors (Lipinski definition) is 2. The molecule has 1 aliphatic carbocycles. The number of aromatic nitrogens is 2. The molecule has 2 N–H and O–H groups in total. The maximum absolute atomic E-state index is 13.5. The molecule has 218 valence electrons. The zero-order valence-corrected chi connectivity index (χ0v) is 21.6. The molecule has 0 saturated heterocycles. The van der Waals surface area contributed by atoms with Gasteiger partial charge in [0.15, 0.2) is 11.5 Å². The van der Waals surface area contributed by atoms with Crippen LogP contribution in [0.15, 0.2) is 60.8 Å². The quantitative estimate of drug-likeness (QED) is 0.211. The van der Waals surface area contributed by atoms with E-state index in [1.807, 2.05) is 0 Å². The molecule has 0 bridgehead atoms. The van der Waals surface area contributed by atoms with Gasteiger partial charge in [0.25, 0.3) is 5.91 Å². The summed E-state index contributed by atoms with van der Waals surface area (Å²) in [6, 6.07) is 12.6. The summed E-state index contributed by atoms with van der Waals surface area (Å²) >= 11 is 0. The number of alkyl halides is 6. The van der Waals surface area contributed by atoms with Crippen molar-refractivity contribution in [3.63, 3.8) is 0 Å². The van der Waals surface area contributed by atoms with E-state index in [1.165, 1.54) is 24.3 Å². The van der Waals surface area contributed by atoms with E-state index in [9.17, 15) is 40.7 Å². The molecule has 1 saturated carbocycles. The Morgan fingerprint density at radius 1 is 0.756 bits per heavy atom. The molecular formula is C28H26F6N4O3. The lowest BCUT2D eigenvalue weighted by atomic mass is 9.77. The molecule has 41 heavy (non-hydrogen) atoms. The van der Waals surface area contributed by atoms with Crippen molar-refractivity contribution in [2.24, 2.45) is 11.8 Å². The molecule has 1 aliphatic rings. The van der Waals surface area contributed by atoms with Crippen LogP contribution in [-0.2, 0) is 17.1 Å². The normalized spacial score (nSPS) is 17.6. The molecule has 1 fully saturated rings. The summed E-state index contributed by atoms with van der Waals surface area (Å²) in [7, 11) is 0. The standard InChI is InChI=1S/C28H26F6N4O3/c29-27(30,31)22-9-5-4-8-20(22)23(39)17-10-12-18(13-11-17)25(40)35-14-15-36-26(41)21-16-38(19-6-2-1-3-7-19)37-24(21)28(32,33)34/h1-9,16-18H,10-15H2,(H,35,40)(H,36,41). The van der Waals surface area contributed by atoms with Gasteiger partial charge in [-0.2, -0.15) is 31.4 Å². The Morgan fingerprint density at radius 2 is 1.34 bits per heavy atom. The Bertz CT molecular complexity index is 1390. The van der Waals surface area contributed by atoms with E-state index < -0.39 is 52.7 Å². The number of halogens is 6. The zero-order valence-electron chi connectivity index (χ0n) is 21.6. The minimum atomic E-state index is -4.87. The molecule has 0 unspecified atom stereocenters. The Balaban J connectivity index is 1.27. The second-order valence-electron chi connectivity index (χ2n) is 9.67. The van der Waals surface area contributed by atoms with Crippen molar-refractivity contribution >= 4 is 17.6 Å². The summed E-state index contributed by atoms with van der Waals surface area (Å²) in [5, 5.41) is 8.48. The second-order valence-corrected chi connectivity index (χ2v) is 9.67. The summed E-state index contributed by atoms with van der Waals surface area (Å²) in [6.07, 6.45) is -7.48. The number of benzene rings is 2. The average molecular weight is 581 g/mol. The van der Waals surface area contributed by atoms with Crippen LogP contribution in [0.3, 0.4) is 0 Å². The van der Waals surface area contributed by atoms with Crippen molar-refractivity contribution in [3.8, 4) is 5.69 Å². The number of carbonyl (C=O) groups excluding carboxylic acids is 3. The highest BCUT2D eigenvalue weighted by Crippen LogP contribution is 2.36. The highest BCUT2D eigenvalue weighted by Gasteiger charge is 2.40. The van der Waals surface area contributed by atoms with Crippen LogP contribution in [-0.4, -0.2) is 40.5 Å². The van der Waals surface area contributed by atoms with Gasteiger partial charge >= 0.3 is 12.4 Å². The molecule has 1 aromatic heterocycles. The first kappa shape index (κ1) is 29.8.